The van der Waals surface area contributed by atoms with Gasteiger partial charge >= 0.3 is 6.03 Å². The number of hydrogen-bond donors (Lipinski definition) is 1. The van der Waals surface area contributed by atoms with Crippen LogP contribution in [-0.4, -0.2) is 36.9 Å². The Morgan fingerprint density at radius 1 is 1.33 bits per heavy atom. The summed E-state index contributed by atoms with van der Waals surface area (Å²) in [5.74, 6) is 1.81. The van der Waals surface area contributed by atoms with Gasteiger partial charge in [0.1, 0.15) is 23.0 Å². The van der Waals surface area contributed by atoms with Crippen LogP contribution in [0.4, 0.5) is 10.5 Å². The molecule has 1 atom stereocenters. The van der Waals surface area contributed by atoms with Crippen LogP contribution in [0.25, 0.3) is 0 Å². The summed E-state index contributed by atoms with van der Waals surface area (Å²) in [7, 11) is 3.06. The maximum atomic E-state index is 12.9. The van der Waals surface area contributed by atoms with E-state index < -0.39 is 0 Å². The number of nitrogens with zero attached hydrogens (tertiary/aromatic N) is 2. The van der Waals surface area contributed by atoms with E-state index in [1.807, 2.05) is 6.07 Å². The first-order valence-corrected chi connectivity index (χ1v) is 9.39. The summed E-state index contributed by atoms with van der Waals surface area (Å²) in [6, 6.07) is 4.90. The third kappa shape index (κ3) is 4.13. The lowest BCUT2D eigenvalue weighted by atomic mass is 10.1. The molecule has 0 unspecified atom stereocenters. The second-order valence-corrected chi connectivity index (χ2v) is 6.84. The maximum Gasteiger partial charge on any atom is 0.322 e. The molecule has 0 aliphatic carbocycles. The lowest BCUT2D eigenvalue weighted by Crippen LogP contribution is -2.34. The SMILES string of the molecule is CCCc1cc([C@@H]2CCCN2C(=O)Nc2cc(Cl)c(OC)cc2OC)no1. The molecule has 1 aromatic carbocycles. The Bertz CT molecular complexity index is 808. The highest BCUT2D eigenvalue weighted by molar-refractivity contribution is 6.32. The maximum absolute atomic E-state index is 12.9. The van der Waals surface area contributed by atoms with Crippen molar-refractivity contribution in [1.82, 2.24) is 10.1 Å². The molecule has 2 amide bonds. The van der Waals surface area contributed by atoms with Gasteiger partial charge in [0.15, 0.2) is 0 Å². The highest BCUT2D eigenvalue weighted by atomic mass is 35.5. The predicted molar refractivity (Wildman–Crippen MR) is 103 cm³/mol. The summed E-state index contributed by atoms with van der Waals surface area (Å²) in [5.41, 5.74) is 1.29. The molecule has 2 aromatic rings. The fourth-order valence-corrected chi connectivity index (χ4v) is 3.55. The van der Waals surface area contributed by atoms with E-state index in [4.69, 9.17) is 25.6 Å². The summed E-state index contributed by atoms with van der Waals surface area (Å²) in [5, 5.41) is 7.45. The molecule has 1 aromatic heterocycles. The molecule has 0 radical (unpaired) electrons. The van der Waals surface area contributed by atoms with Crippen LogP contribution in [0.1, 0.15) is 43.7 Å². The van der Waals surface area contributed by atoms with Crippen LogP contribution in [0.3, 0.4) is 0 Å². The van der Waals surface area contributed by atoms with Gasteiger partial charge in [0.05, 0.1) is 31.0 Å². The number of amides is 2. The molecule has 1 aliphatic heterocycles. The average molecular weight is 394 g/mol. The van der Waals surface area contributed by atoms with Crippen molar-refractivity contribution >= 4 is 23.3 Å². The van der Waals surface area contributed by atoms with Crippen LogP contribution in [-0.2, 0) is 6.42 Å². The van der Waals surface area contributed by atoms with Crippen molar-refractivity contribution in [3.8, 4) is 11.5 Å². The number of nitrogens with one attached hydrogen (secondary N) is 1. The summed E-state index contributed by atoms with van der Waals surface area (Å²) < 4.78 is 15.9. The van der Waals surface area contributed by atoms with Gasteiger partial charge in [0, 0.05) is 25.1 Å². The van der Waals surface area contributed by atoms with Crippen molar-refractivity contribution in [3.63, 3.8) is 0 Å². The Morgan fingerprint density at radius 3 is 2.81 bits per heavy atom. The van der Waals surface area contributed by atoms with E-state index in [0.717, 1.165) is 37.1 Å². The van der Waals surface area contributed by atoms with Crippen molar-refractivity contribution in [1.29, 1.82) is 0 Å². The smallest absolute Gasteiger partial charge is 0.322 e. The number of halogens is 1. The number of aromatic nitrogens is 1. The zero-order valence-corrected chi connectivity index (χ0v) is 16.5. The minimum atomic E-state index is -0.225. The van der Waals surface area contributed by atoms with Crippen molar-refractivity contribution in [3.05, 3.63) is 34.7 Å². The molecule has 8 heteroatoms. The highest BCUT2D eigenvalue weighted by Gasteiger charge is 2.32. The number of methoxy groups -OCH3 is 2. The Hall–Kier alpha value is -2.41. The van der Waals surface area contributed by atoms with Gasteiger partial charge in [0.25, 0.3) is 0 Å². The molecule has 1 aliphatic rings. The first-order chi connectivity index (χ1) is 13.1. The van der Waals surface area contributed by atoms with Crippen LogP contribution in [0.5, 0.6) is 11.5 Å². The van der Waals surface area contributed by atoms with Crippen LogP contribution < -0.4 is 14.8 Å². The van der Waals surface area contributed by atoms with Crippen molar-refractivity contribution in [2.24, 2.45) is 0 Å². The van der Waals surface area contributed by atoms with Gasteiger partial charge in [-0.25, -0.2) is 4.79 Å². The molecule has 0 saturated carbocycles. The number of anilines is 1. The normalized spacial score (nSPS) is 16.4. The first-order valence-electron chi connectivity index (χ1n) is 9.02. The lowest BCUT2D eigenvalue weighted by Gasteiger charge is -2.24. The van der Waals surface area contributed by atoms with Crippen LogP contribution in [0.2, 0.25) is 5.02 Å². The summed E-state index contributed by atoms with van der Waals surface area (Å²) in [6.45, 7) is 2.74. The second kappa shape index (κ2) is 8.52. The van der Waals surface area contributed by atoms with Gasteiger partial charge in [-0.2, -0.15) is 0 Å². The molecule has 1 N–H and O–H groups in total. The quantitative estimate of drug-likeness (QED) is 0.771. The third-order valence-electron chi connectivity index (χ3n) is 4.64. The monoisotopic (exact) mass is 393 g/mol. The fraction of sp³-hybridized carbons (Fsp3) is 0.474. The average Bonchev–Trinajstić information content (AvgIpc) is 3.31. The third-order valence-corrected chi connectivity index (χ3v) is 4.94. The van der Waals surface area contributed by atoms with Gasteiger partial charge in [-0.3, -0.25) is 0 Å². The molecular formula is C19H24ClN3O4. The summed E-state index contributed by atoms with van der Waals surface area (Å²) >= 11 is 6.19. The number of rotatable bonds is 6. The Morgan fingerprint density at radius 2 is 2.11 bits per heavy atom. The number of carbonyl (C=O) groups is 1. The number of urea groups is 1. The highest BCUT2D eigenvalue weighted by Crippen LogP contribution is 2.37. The molecule has 3 rings (SSSR count). The minimum Gasteiger partial charge on any atom is -0.495 e. The van der Waals surface area contributed by atoms with Gasteiger partial charge in [0.2, 0.25) is 0 Å². The van der Waals surface area contributed by atoms with Crippen molar-refractivity contribution in [2.45, 2.75) is 38.6 Å². The second-order valence-electron chi connectivity index (χ2n) is 6.44. The van der Waals surface area contributed by atoms with Gasteiger partial charge < -0.3 is 24.2 Å². The zero-order chi connectivity index (χ0) is 19.4. The van der Waals surface area contributed by atoms with Crippen molar-refractivity contribution < 1.29 is 18.8 Å². The van der Waals surface area contributed by atoms with Crippen LogP contribution >= 0.6 is 11.6 Å². The van der Waals surface area contributed by atoms with Gasteiger partial charge in [-0.15, -0.1) is 0 Å². The number of carbonyl (C=O) groups excluding carboxylic acids is 1. The summed E-state index contributed by atoms with van der Waals surface area (Å²) in [4.78, 5) is 14.7. The molecule has 1 saturated heterocycles. The molecule has 0 spiro atoms. The molecule has 27 heavy (non-hydrogen) atoms. The number of aryl methyl sites for hydroxylation is 1. The number of likely N-dealkylation sites (tertiary alicyclic amines) is 1. The zero-order valence-electron chi connectivity index (χ0n) is 15.8. The van der Waals surface area contributed by atoms with Gasteiger partial charge in [-0.05, 0) is 25.3 Å². The van der Waals surface area contributed by atoms with E-state index in [1.54, 1.807) is 17.0 Å². The first kappa shape index (κ1) is 19.4. The molecule has 2 heterocycles. The standard InChI is InChI=1S/C19H24ClN3O4/c1-4-6-12-9-14(22-27-12)16-7-5-8-23(16)19(24)21-15-10-13(20)17(25-2)11-18(15)26-3/h9-11,16H,4-8H2,1-3H3,(H,21,24)/t16-/m0/s1. The molecule has 0 bridgehead atoms. The Labute approximate surface area is 163 Å². The Kier molecular flexibility index (Phi) is 6.11. The predicted octanol–water partition coefficient (Wildman–Crippen LogP) is 4.67. The fourth-order valence-electron chi connectivity index (χ4n) is 3.31. The molecule has 1 fully saturated rings. The minimum absolute atomic E-state index is 0.0981. The van der Waals surface area contributed by atoms with E-state index >= 15 is 0 Å². The van der Waals surface area contributed by atoms with E-state index in [9.17, 15) is 4.79 Å². The van der Waals surface area contributed by atoms with Gasteiger partial charge in [-0.1, -0.05) is 23.7 Å². The largest absolute Gasteiger partial charge is 0.495 e. The summed E-state index contributed by atoms with van der Waals surface area (Å²) in [6.07, 6.45) is 3.59. The van der Waals surface area contributed by atoms with Crippen LogP contribution in [0.15, 0.2) is 22.7 Å². The van der Waals surface area contributed by atoms with Crippen molar-refractivity contribution in [2.75, 3.05) is 26.1 Å². The van der Waals surface area contributed by atoms with E-state index in [2.05, 4.69) is 17.4 Å². The number of benzene rings is 1. The topological polar surface area (TPSA) is 76.8 Å². The van der Waals surface area contributed by atoms with E-state index in [1.165, 1.54) is 14.2 Å². The van der Waals surface area contributed by atoms with Crippen LogP contribution in [0, 0.1) is 0 Å². The Balaban J connectivity index is 1.77. The number of hydrogen-bond acceptors (Lipinski definition) is 5. The van der Waals surface area contributed by atoms with E-state index in [0.29, 0.717) is 28.8 Å². The van der Waals surface area contributed by atoms with E-state index in [-0.39, 0.29) is 12.1 Å². The molecule has 7 nitrogen and oxygen atoms in total. The lowest BCUT2D eigenvalue weighted by molar-refractivity contribution is 0.204. The molecule has 146 valence electrons. The molecular weight excluding hydrogens is 370 g/mol. The number of ether oxygens (including phenoxy) is 2.